The number of ether oxygens (including phenoxy) is 1. The van der Waals surface area contributed by atoms with Gasteiger partial charge in [0.25, 0.3) is 5.97 Å². The minimum Gasteiger partial charge on any atom is -0.499 e. The zero-order valence-corrected chi connectivity index (χ0v) is 8.73. The van der Waals surface area contributed by atoms with Crippen LogP contribution in [0.5, 0.6) is 0 Å². The highest BCUT2D eigenvalue weighted by molar-refractivity contribution is 5.62. The summed E-state index contributed by atoms with van der Waals surface area (Å²) in [7, 11) is 1.47. The normalized spacial score (nSPS) is 12.5. The Morgan fingerprint density at radius 3 is 2.21 bits per heavy atom. The number of carboxylic acids is 1. The molecule has 0 saturated heterocycles. The predicted octanol–water partition coefficient (Wildman–Crippen LogP) is 0.371. The van der Waals surface area contributed by atoms with Gasteiger partial charge in [0.15, 0.2) is 0 Å². The van der Waals surface area contributed by atoms with Crippen molar-refractivity contribution in [3.05, 3.63) is 11.8 Å². The number of carboxylic acid groups (broad SMARTS) is 1. The summed E-state index contributed by atoms with van der Waals surface area (Å²) in [4.78, 5) is 9.00. The van der Waals surface area contributed by atoms with Crippen molar-refractivity contribution >= 4 is 5.97 Å². The van der Waals surface area contributed by atoms with Crippen molar-refractivity contribution in [2.75, 3.05) is 13.7 Å². The van der Waals surface area contributed by atoms with Crippen LogP contribution < -0.4 is 0 Å². The maximum absolute atomic E-state index is 9.01. The largest absolute Gasteiger partial charge is 0.499 e. The quantitative estimate of drug-likeness (QED) is 0.578. The average Bonchev–Trinajstić information content (AvgIpc) is 2.12. The first-order valence-corrected chi connectivity index (χ1v) is 4.22. The molecule has 0 aliphatic carbocycles. The van der Waals surface area contributed by atoms with Gasteiger partial charge in [-0.3, -0.25) is 4.79 Å². The fourth-order valence-electron chi connectivity index (χ4n) is 0.647. The summed E-state index contributed by atoms with van der Waals surface area (Å²) >= 11 is 0. The second-order valence-corrected chi connectivity index (χ2v) is 2.44. The van der Waals surface area contributed by atoms with Crippen LogP contribution in [0.15, 0.2) is 11.8 Å². The highest BCUT2D eigenvalue weighted by atomic mass is 16.5. The van der Waals surface area contributed by atoms with E-state index < -0.39 is 12.1 Å². The SMILES string of the molecule is CC(=O)O.CCC=C(OC)C(O)CO. The summed E-state index contributed by atoms with van der Waals surface area (Å²) in [5, 5.41) is 24.9. The molecule has 0 radical (unpaired) electrons. The van der Waals surface area contributed by atoms with E-state index in [4.69, 9.17) is 24.9 Å². The van der Waals surface area contributed by atoms with Gasteiger partial charge in [0, 0.05) is 6.92 Å². The highest BCUT2D eigenvalue weighted by Gasteiger charge is 2.07. The van der Waals surface area contributed by atoms with Gasteiger partial charge in [-0.25, -0.2) is 0 Å². The molecular weight excluding hydrogens is 188 g/mol. The van der Waals surface area contributed by atoms with Crippen LogP contribution in [0.4, 0.5) is 0 Å². The van der Waals surface area contributed by atoms with E-state index in [-0.39, 0.29) is 6.61 Å². The van der Waals surface area contributed by atoms with Gasteiger partial charge in [0.05, 0.1) is 13.7 Å². The van der Waals surface area contributed by atoms with Gasteiger partial charge in [0.1, 0.15) is 11.9 Å². The molecule has 0 aromatic carbocycles. The van der Waals surface area contributed by atoms with Gasteiger partial charge in [-0.1, -0.05) is 6.92 Å². The number of carbonyl (C=O) groups is 1. The Balaban J connectivity index is 0. The van der Waals surface area contributed by atoms with Crippen molar-refractivity contribution in [3.8, 4) is 0 Å². The van der Waals surface area contributed by atoms with E-state index in [1.165, 1.54) is 7.11 Å². The van der Waals surface area contributed by atoms with Crippen molar-refractivity contribution in [1.82, 2.24) is 0 Å². The Labute approximate surface area is 83.6 Å². The minimum atomic E-state index is -0.870. The van der Waals surface area contributed by atoms with Gasteiger partial charge in [-0.2, -0.15) is 0 Å². The summed E-state index contributed by atoms with van der Waals surface area (Å²) in [5.74, 6) is -0.398. The number of aliphatic carboxylic acids is 1. The lowest BCUT2D eigenvalue weighted by molar-refractivity contribution is -0.134. The third-order valence-corrected chi connectivity index (χ3v) is 1.14. The van der Waals surface area contributed by atoms with Crippen molar-refractivity contribution in [1.29, 1.82) is 0 Å². The third-order valence-electron chi connectivity index (χ3n) is 1.14. The fraction of sp³-hybridized carbons (Fsp3) is 0.667. The number of aliphatic hydroxyl groups is 2. The molecule has 3 N–H and O–H groups in total. The van der Waals surface area contributed by atoms with E-state index in [1.807, 2.05) is 6.92 Å². The monoisotopic (exact) mass is 206 g/mol. The lowest BCUT2D eigenvalue weighted by Crippen LogP contribution is -2.16. The molecule has 84 valence electrons. The molecule has 5 heteroatoms. The van der Waals surface area contributed by atoms with Crippen molar-refractivity contribution < 1.29 is 24.9 Å². The summed E-state index contributed by atoms with van der Waals surface area (Å²) in [6.07, 6.45) is 1.66. The highest BCUT2D eigenvalue weighted by Crippen LogP contribution is 2.03. The molecular formula is C9H18O5. The molecule has 1 unspecified atom stereocenters. The smallest absolute Gasteiger partial charge is 0.300 e. The molecule has 0 aromatic heterocycles. The van der Waals surface area contributed by atoms with E-state index in [9.17, 15) is 0 Å². The molecule has 0 fully saturated rings. The van der Waals surface area contributed by atoms with Gasteiger partial charge >= 0.3 is 0 Å². The molecule has 0 rings (SSSR count). The molecule has 0 amide bonds. The number of hydrogen-bond acceptors (Lipinski definition) is 4. The van der Waals surface area contributed by atoms with Crippen molar-refractivity contribution in [2.24, 2.45) is 0 Å². The summed E-state index contributed by atoms with van der Waals surface area (Å²) in [6, 6.07) is 0. The van der Waals surface area contributed by atoms with Gasteiger partial charge in [-0.15, -0.1) is 0 Å². The Morgan fingerprint density at radius 1 is 1.57 bits per heavy atom. The van der Waals surface area contributed by atoms with Crippen LogP contribution >= 0.6 is 0 Å². The number of methoxy groups -OCH3 is 1. The van der Waals surface area contributed by atoms with Gasteiger partial charge < -0.3 is 20.1 Å². The number of aliphatic hydroxyl groups excluding tert-OH is 2. The standard InChI is InChI=1S/C7H14O3.C2H4O2/c1-3-4-7(10-2)6(9)5-8;1-2(3)4/h4,6,8-9H,3,5H2,1-2H3;1H3,(H,3,4). The van der Waals surface area contributed by atoms with E-state index in [0.717, 1.165) is 13.3 Å². The zero-order valence-electron chi connectivity index (χ0n) is 8.73. The molecule has 0 saturated carbocycles. The maximum atomic E-state index is 9.01. The van der Waals surface area contributed by atoms with Crippen LogP contribution in [0.3, 0.4) is 0 Å². The number of allylic oxidation sites excluding steroid dienone is 1. The van der Waals surface area contributed by atoms with Crippen LogP contribution in [0.1, 0.15) is 20.3 Å². The lowest BCUT2D eigenvalue weighted by atomic mass is 10.2. The first kappa shape index (κ1) is 15.4. The summed E-state index contributed by atoms with van der Waals surface area (Å²) in [6.45, 7) is 2.72. The van der Waals surface area contributed by atoms with Crippen molar-refractivity contribution in [2.45, 2.75) is 26.4 Å². The number of rotatable bonds is 4. The zero-order chi connectivity index (χ0) is 11.6. The lowest BCUT2D eigenvalue weighted by Gasteiger charge is -2.09. The minimum absolute atomic E-state index is 0.292. The molecule has 0 aromatic rings. The summed E-state index contributed by atoms with van der Waals surface area (Å²) < 4.78 is 4.79. The molecule has 1 atom stereocenters. The second kappa shape index (κ2) is 10.0. The number of hydrogen-bond donors (Lipinski definition) is 3. The molecule has 5 nitrogen and oxygen atoms in total. The van der Waals surface area contributed by atoms with Crippen LogP contribution in [0, 0.1) is 0 Å². The molecule has 0 aliphatic rings. The van der Waals surface area contributed by atoms with Crippen molar-refractivity contribution in [3.63, 3.8) is 0 Å². The topological polar surface area (TPSA) is 87.0 Å². The second-order valence-electron chi connectivity index (χ2n) is 2.44. The summed E-state index contributed by atoms with van der Waals surface area (Å²) in [5.41, 5.74) is 0. The first-order chi connectivity index (χ1) is 6.49. The Bertz CT molecular complexity index is 172. The Hall–Kier alpha value is -1.07. The van der Waals surface area contributed by atoms with E-state index in [0.29, 0.717) is 5.76 Å². The first-order valence-electron chi connectivity index (χ1n) is 4.22. The maximum Gasteiger partial charge on any atom is 0.300 e. The third kappa shape index (κ3) is 10.9. The van der Waals surface area contributed by atoms with E-state index in [1.54, 1.807) is 6.08 Å². The van der Waals surface area contributed by atoms with Gasteiger partial charge in [0.2, 0.25) is 0 Å². The fourth-order valence-corrected chi connectivity index (χ4v) is 0.647. The molecule has 14 heavy (non-hydrogen) atoms. The predicted molar refractivity (Wildman–Crippen MR) is 51.8 cm³/mol. The van der Waals surface area contributed by atoms with Crippen LogP contribution in [0.25, 0.3) is 0 Å². The molecule has 0 heterocycles. The van der Waals surface area contributed by atoms with Crippen LogP contribution in [-0.4, -0.2) is 41.1 Å². The average molecular weight is 206 g/mol. The molecule has 0 bridgehead atoms. The van der Waals surface area contributed by atoms with Gasteiger partial charge in [-0.05, 0) is 12.5 Å². The van der Waals surface area contributed by atoms with Crippen LogP contribution in [-0.2, 0) is 9.53 Å². The van der Waals surface area contributed by atoms with Crippen LogP contribution in [0.2, 0.25) is 0 Å². The Kier molecular flexibility index (Phi) is 11.0. The molecule has 0 spiro atoms. The van der Waals surface area contributed by atoms with E-state index >= 15 is 0 Å². The molecule has 0 aliphatic heterocycles. The Morgan fingerprint density at radius 2 is 2.00 bits per heavy atom. The van der Waals surface area contributed by atoms with E-state index in [2.05, 4.69) is 0 Å².